The van der Waals surface area contributed by atoms with E-state index in [1.54, 1.807) is 18.2 Å². The third-order valence-electron chi connectivity index (χ3n) is 1.53. The van der Waals surface area contributed by atoms with E-state index in [1.807, 2.05) is 19.9 Å². The van der Waals surface area contributed by atoms with Crippen molar-refractivity contribution in [3.63, 3.8) is 0 Å². The van der Waals surface area contributed by atoms with Crippen molar-refractivity contribution in [3.05, 3.63) is 29.8 Å². The minimum absolute atomic E-state index is 0.0548. The Kier molecular flexibility index (Phi) is 3.77. The molecule has 0 aliphatic carbocycles. The summed E-state index contributed by atoms with van der Waals surface area (Å²) in [6.45, 7) is 3.88. The summed E-state index contributed by atoms with van der Waals surface area (Å²) in [5.74, 6) is 0.708. The predicted octanol–water partition coefficient (Wildman–Crippen LogP) is 2.85. The highest BCUT2D eigenvalue weighted by atomic mass is 35.5. The second-order valence-electron chi connectivity index (χ2n) is 3.09. The Morgan fingerprint density at radius 3 is 2.79 bits per heavy atom. The molecule has 1 N–H and O–H groups in total. The molecule has 4 heteroatoms. The first-order valence-electron chi connectivity index (χ1n) is 4.28. The highest BCUT2D eigenvalue weighted by Gasteiger charge is 2.03. The molecule has 0 radical (unpaired) electrons. The topological polar surface area (TPSA) is 41.8 Å². The molecular weight excluding hydrogens is 202 g/mol. The fourth-order valence-corrected chi connectivity index (χ4v) is 1.15. The summed E-state index contributed by atoms with van der Waals surface area (Å²) in [4.78, 5) is 0. The van der Waals surface area contributed by atoms with Crippen molar-refractivity contribution in [2.45, 2.75) is 20.0 Å². The van der Waals surface area contributed by atoms with Gasteiger partial charge in [0.2, 0.25) is 0 Å². The number of nitrogens with zero attached hydrogens (tertiary/aromatic N) is 1. The van der Waals surface area contributed by atoms with E-state index in [0.717, 1.165) is 0 Å². The smallest absolute Gasteiger partial charge is 0.175 e. The molecule has 0 aromatic heterocycles. The minimum Gasteiger partial charge on any atom is -0.491 e. The second-order valence-corrected chi connectivity index (χ2v) is 3.44. The molecule has 0 saturated carbocycles. The van der Waals surface area contributed by atoms with Crippen LogP contribution in [0.1, 0.15) is 19.4 Å². The van der Waals surface area contributed by atoms with E-state index in [-0.39, 0.29) is 11.3 Å². The lowest BCUT2D eigenvalue weighted by Gasteiger charge is -2.09. The molecule has 1 aromatic carbocycles. The number of hydrogen-bond acceptors (Lipinski definition) is 3. The van der Waals surface area contributed by atoms with Crippen molar-refractivity contribution in [1.29, 1.82) is 0 Å². The summed E-state index contributed by atoms with van der Waals surface area (Å²) >= 11 is 5.64. The molecule has 14 heavy (non-hydrogen) atoms. The molecule has 1 rings (SSSR count). The highest BCUT2D eigenvalue weighted by molar-refractivity contribution is 6.69. The van der Waals surface area contributed by atoms with E-state index >= 15 is 0 Å². The number of oxime groups is 1. The van der Waals surface area contributed by atoms with Gasteiger partial charge in [0.1, 0.15) is 5.75 Å². The highest BCUT2D eigenvalue weighted by Crippen LogP contribution is 2.16. The van der Waals surface area contributed by atoms with Gasteiger partial charge in [-0.1, -0.05) is 28.9 Å². The maximum Gasteiger partial charge on any atom is 0.175 e. The van der Waals surface area contributed by atoms with Crippen molar-refractivity contribution in [3.8, 4) is 5.75 Å². The number of halogens is 1. The van der Waals surface area contributed by atoms with Crippen LogP contribution < -0.4 is 4.74 Å². The Hall–Kier alpha value is -1.22. The number of benzene rings is 1. The van der Waals surface area contributed by atoms with Gasteiger partial charge in [-0.25, -0.2) is 0 Å². The first-order chi connectivity index (χ1) is 6.63. The van der Waals surface area contributed by atoms with Crippen LogP contribution in [-0.4, -0.2) is 16.5 Å². The van der Waals surface area contributed by atoms with E-state index in [0.29, 0.717) is 11.3 Å². The normalized spacial score (nSPS) is 11.9. The Morgan fingerprint density at radius 1 is 1.50 bits per heavy atom. The van der Waals surface area contributed by atoms with E-state index in [1.165, 1.54) is 0 Å². The monoisotopic (exact) mass is 213 g/mol. The van der Waals surface area contributed by atoms with Gasteiger partial charge in [0.15, 0.2) is 5.17 Å². The lowest BCUT2D eigenvalue weighted by atomic mass is 10.2. The van der Waals surface area contributed by atoms with Gasteiger partial charge < -0.3 is 9.94 Å². The standard InChI is InChI=1S/C10H12ClNO2/c1-7(2)14-9-5-3-4-8(6-9)10(11)12-13/h3-7,13H,1-2H3/b12-10-. The van der Waals surface area contributed by atoms with E-state index < -0.39 is 0 Å². The van der Waals surface area contributed by atoms with Crippen LogP contribution in [0.15, 0.2) is 29.4 Å². The van der Waals surface area contributed by atoms with Crippen LogP contribution in [0.4, 0.5) is 0 Å². The molecule has 0 atom stereocenters. The molecule has 0 fully saturated rings. The Balaban J connectivity index is 2.90. The molecule has 0 saturated heterocycles. The van der Waals surface area contributed by atoms with Crippen LogP contribution in [0.2, 0.25) is 0 Å². The molecule has 1 aromatic rings. The average molecular weight is 214 g/mol. The van der Waals surface area contributed by atoms with Gasteiger partial charge in [-0.3, -0.25) is 0 Å². The quantitative estimate of drug-likeness (QED) is 0.477. The van der Waals surface area contributed by atoms with Crippen LogP contribution in [-0.2, 0) is 0 Å². The molecule has 0 unspecified atom stereocenters. The maximum absolute atomic E-state index is 8.48. The van der Waals surface area contributed by atoms with Gasteiger partial charge in [0, 0.05) is 5.56 Å². The van der Waals surface area contributed by atoms with Gasteiger partial charge in [0.25, 0.3) is 0 Å². The van der Waals surface area contributed by atoms with E-state index in [9.17, 15) is 0 Å². The van der Waals surface area contributed by atoms with Crippen LogP contribution in [0.25, 0.3) is 0 Å². The lowest BCUT2D eigenvalue weighted by Crippen LogP contribution is -2.05. The summed E-state index contributed by atoms with van der Waals surface area (Å²) in [6.07, 6.45) is 0.107. The second kappa shape index (κ2) is 4.86. The van der Waals surface area contributed by atoms with Gasteiger partial charge in [-0.15, -0.1) is 0 Å². The summed E-state index contributed by atoms with van der Waals surface area (Å²) in [7, 11) is 0. The fourth-order valence-electron chi connectivity index (χ4n) is 1.03. The summed E-state index contributed by atoms with van der Waals surface area (Å²) in [5, 5.41) is 11.4. The number of hydrogen-bond donors (Lipinski definition) is 1. The van der Waals surface area contributed by atoms with Crippen LogP contribution in [0.3, 0.4) is 0 Å². The fraction of sp³-hybridized carbons (Fsp3) is 0.300. The molecule has 0 aliphatic heterocycles. The maximum atomic E-state index is 8.48. The van der Waals surface area contributed by atoms with Gasteiger partial charge in [-0.2, -0.15) is 0 Å². The Bertz CT molecular complexity index is 337. The van der Waals surface area contributed by atoms with Gasteiger partial charge in [0.05, 0.1) is 6.10 Å². The Morgan fingerprint density at radius 2 is 2.21 bits per heavy atom. The molecule has 0 aliphatic rings. The molecule has 0 bridgehead atoms. The molecule has 0 amide bonds. The predicted molar refractivity (Wildman–Crippen MR) is 56.4 cm³/mol. The molecule has 0 spiro atoms. The molecular formula is C10H12ClNO2. The third-order valence-corrected chi connectivity index (χ3v) is 1.83. The summed E-state index contributed by atoms with van der Waals surface area (Å²) in [6, 6.07) is 7.09. The zero-order valence-electron chi connectivity index (χ0n) is 8.07. The zero-order chi connectivity index (χ0) is 10.6. The zero-order valence-corrected chi connectivity index (χ0v) is 8.82. The van der Waals surface area contributed by atoms with E-state index in [2.05, 4.69) is 5.16 Å². The largest absolute Gasteiger partial charge is 0.491 e. The Labute approximate surface area is 88.0 Å². The molecule has 0 heterocycles. The summed E-state index contributed by atoms with van der Waals surface area (Å²) < 4.78 is 5.45. The van der Waals surface area contributed by atoms with Crippen LogP contribution in [0.5, 0.6) is 5.75 Å². The van der Waals surface area contributed by atoms with Crippen LogP contribution in [0, 0.1) is 0 Å². The third kappa shape index (κ3) is 2.92. The van der Waals surface area contributed by atoms with Gasteiger partial charge in [-0.05, 0) is 26.0 Å². The lowest BCUT2D eigenvalue weighted by molar-refractivity contribution is 0.242. The van der Waals surface area contributed by atoms with Gasteiger partial charge >= 0.3 is 0 Å². The first-order valence-corrected chi connectivity index (χ1v) is 4.66. The molecule has 76 valence electrons. The van der Waals surface area contributed by atoms with Crippen molar-refractivity contribution in [2.75, 3.05) is 0 Å². The van der Waals surface area contributed by atoms with E-state index in [4.69, 9.17) is 21.5 Å². The summed E-state index contributed by atoms with van der Waals surface area (Å²) in [5.41, 5.74) is 0.632. The SMILES string of the molecule is CC(C)Oc1cccc(/C(Cl)=N/O)c1. The van der Waals surface area contributed by atoms with Crippen LogP contribution >= 0.6 is 11.6 Å². The minimum atomic E-state index is 0.0548. The average Bonchev–Trinajstić information content (AvgIpc) is 2.16. The number of rotatable bonds is 3. The van der Waals surface area contributed by atoms with Crippen molar-refractivity contribution < 1.29 is 9.94 Å². The number of ether oxygens (including phenoxy) is 1. The first kappa shape index (κ1) is 10.9. The molecule has 3 nitrogen and oxygen atoms in total. The van der Waals surface area contributed by atoms with Crippen molar-refractivity contribution >= 4 is 16.8 Å². The van der Waals surface area contributed by atoms with Crippen molar-refractivity contribution in [2.24, 2.45) is 5.16 Å². The van der Waals surface area contributed by atoms with Crippen molar-refractivity contribution in [1.82, 2.24) is 0 Å².